The van der Waals surface area contributed by atoms with Crippen LogP contribution in [0.25, 0.3) is 0 Å². The Kier molecular flexibility index (Phi) is 2.29. The Morgan fingerprint density at radius 3 is 3.13 bits per heavy atom. The smallest absolute Gasteiger partial charge is 0.0491 e. The fourth-order valence-corrected chi connectivity index (χ4v) is 3.02. The molecule has 0 saturated carbocycles. The Labute approximate surface area is 91.1 Å². The van der Waals surface area contributed by atoms with Crippen LogP contribution in [-0.2, 0) is 7.05 Å². The summed E-state index contributed by atoms with van der Waals surface area (Å²) in [6.07, 6.45) is 7.15. The molecule has 0 radical (unpaired) electrons. The molecule has 1 unspecified atom stereocenters. The van der Waals surface area contributed by atoms with Crippen LogP contribution in [0.3, 0.4) is 0 Å². The summed E-state index contributed by atoms with van der Waals surface area (Å²) in [5, 5.41) is 3.56. The molecule has 2 saturated heterocycles. The molecule has 82 valence electrons. The van der Waals surface area contributed by atoms with Gasteiger partial charge in [-0.3, -0.25) is 4.90 Å². The van der Waals surface area contributed by atoms with Gasteiger partial charge in [0.05, 0.1) is 0 Å². The molecule has 1 aromatic rings. The Balaban J connectivity index is 1.85. The van der Waals surface area contributed by atoms with Crippen LogP contribution in [0.1, 0.15) is 24.4 Å². The number of nitrogens with one attached hydrogen (secondary N) is 1. The lowest BCUT2D eigenvalue weighted by atomic mass is 10.0. The molecule has 2 aliphatic heterocycles. The first-order valence-electron chi connectivity index (χ1n) is 5.93. The van der Waals surface area contributed by atoms with Gasteiger partial charge in [0.2, 0.25) is 0 Å². The molecule has 3 rings (SSSR count). The molecular formula is C12H19N3. The zero-order valence-corrected chi connectivity index (χ0v) is 9.32. The highest BCUT2D eigenvalue weighted by Crippen LogP contribution is 2.31. The molecule has 3 heteroatoms. The third-order valence-electron chi connectivity index (χ3n) is 3.78. The highest BCUT2D eigenvalue weighted by molar-refractivity contribution is 5.18. The van der Waals surface area contributed by atoms with Crippen molar-refractivity contribution in [3.63, 3.8) is 0 Å². The first-order valence-corrected chi connectivity index (χ1v) is 5.93. The SMILES string of the molecule is Cn1ccc(C2CNC[C@@H]3CCCN23)c1. The molecule has 2 fully saturated rings. The number of piperazine rings is 1. The van der Waals surface area contributed by atoms with E-state index in [1.54, 1.807) is 0 Å². The lowest BCUT2D eigenvalue weighted by Crippen LogP contribution is -2.49. The van der Waals surface area contributed by atoms with Crippen molar-refractivity contribution in [3.05, 3.63) is 24.0 Å². The van der Waals surface area contributed by atoms with E-state index in [4.69, 9.17) is 0 Å². The van der Waals surface area contributed by atoms with Gasteiger partial charge in [-0.2, -0.15) is 0 Å². The van der Waals surface area contributed by atoms with Crippen molar-refractivity contribution in [1.82, 2.24) is 14.8 Å². The summed E-state index contributed by atoms with van der Waals surface area (Å²) in [6.45, 7) is 3.58. The van der Waals surface area contributed by atoms with Crippen molar-refractivity contribution in [2.45, 2.75) is 24.9 Å². The number of aromatic nitrogens is 1. The van der Waals surface area contributed by atoms with E-state index in [1.807, 2.05) is 0 Å². The van der Waals surface area contributed by atoms with Crippen LogP contribution < -0.4 is 5.32 Å². The third kappa shape index (κ3) is 1.60. The topological polar surface area (TPSA) is 20.2 Å². The standard InChI is InChI=1S/C12H19N3/c1-14-6-4-10(9-14)12-8-13-7-11-3-2-5-15(11)12/h4,6,9,11-13H,2-3,5,7-8H2,1H3/t11-,12?/m0/s1. The van der Waals surface area contributed by atoms with E-state index in [-0.39, 0.29) is 0 Å². The maximum Gasteiger partial charge on any atom is 0.0491 e. The van der Waals surface area contributed by atoms with Crippen molar-refractivity contribution in [2.24, 2.45) is 7.05 Å². The first kappa shape index (κ1) is 9.43. The molecule has 0 aliphatic carbocycles. The second kappa shape index (κ2) is 3.65. The number of aryl methyl sites for hydroxylation is 1. The summed E-state index contributed by atoms with van der Waals surface area (Å²) in [7, 11) is 2.10. The summed E-state index contributed by atoms with van der Waals surface area (Å²) in [6, 6.07) is 3.64. The van der Waals surface area contributed by atoms with E-state index in [1.165, 1.54) is 31.5 Å². The summed E-state index contributed by atoms with van der Waals surface area (Å²) in [5.74, 6) is 0. The monoisotopic (exact) mass is 205 g/mol. The number of nitrogens with zero attached hydrogens (tertiary/aromatic N) is 2. The highest BCUT2D eigenvalue weighted by atomic mass is 15.3. The third-order valence-corrected chi connectivity index (χ3v) is 3.78. The van der Waals surface area contributed by atoms with Crippen LogP contribution in [0.5, 0.6) is 0 Å². The fraction of sp³-hybridized carbons (Fsp3) is 0.667. The Bertz CT molecular complexity index is 344. The van der Waals surface area contributed by atoms with E-state index in [0.29, 0.717) is 6.04 Å². The second-order valence-electron chi connectivity index (χ2n) is 4.82. The van der Waals surface area contributed by atoms with Gasteiger partial charge in [-0.25, -0.2) is 0 Å². The van der Waals surface area contributed by atoms with Gasteiger partial charge >= 0.3 is 0 Å². The minimum Gasteiger partial charge on any atom is -0.357 e. The van der Waals surface area contributed by atoms with Gasteiger partial charge in [0.15, 0.2) is 0 Å². The van der Waals surface area contributed by atoms with Gasteiger partial charge in [0, 0.05) is 44.6 Å². The molecule has 0 bridgehead atoms. The molecule has 3 nitrogen and oxygen atoms in total. The number of hydrogen-bond acceptors (Lipinski definition) is 2. The normalized spacial score (nSPS) is 31.8. The fourth-order valence-electron chi connectivity index (χ4n) is 3.02. The zero-order chi connectivity index (χ0) is 10.3. The van der Waals surface area contributed by atoms with Gasteiger partial charge < -0.3 is 9.88 Å². The van der Waals surface area contributed by atoms with Crippen LogP contribution in [-0.4, -0.2) is 35.1 Å². The average Bonchev–Trinajstić information content (AvgIpc) is 2.84. The van der Waals surface area contributed by atoms with Gasteiger partial charge in [-0.05, 0) is 31.0 Å². The van der Waals surface area contributed by atoms with Crippen LogP contribution in [0.4, 0.5) is 0 Å². The molecule has 1 aromatic heterocycles. The maximum absolute atomic E-state index is 3.56. The lowest BCUT2D eigenvalue weighted by Gasteiger charge is -2.38. The average molecular weight is 205 g/mol. The van der Waals surface area contributed by atoms with Crippen molar-refractivity contribution >= 4 is 0 Å². The van der Waals surface area contributed by atoms with Crippen molar-refractivity contribution < 1.29 is 0 Å². The minimum absolute atomic E-state index is 0.604. The Hall–Kier alpha value is -0.800. The summed E-state index contributed by atoms with van der Waals surface area (Å²) >= 11 is 0. The number of hydrogen-bond donors (Lipinski definition) is 1. The van der Waals surface area contributed by atoms with Gasteiger partial charge in [0.25, 0.3) is 0 Å². The summed E-state index contributed by atoms with van der Waals surface area (Å²) in [5.41, 5.74) is 1.47. The van der Waals surface area contributed by atoms with Crippen LogP contribution in [0.2, 0.25) is 0 Å². The molecule has 15 heavy (non-hydrogen) atoms. The van der Waals surface area contributed by atoms with Crippen molar-refractivity contribution in [2.75, 3.05) is 19.6 Å². The van der Waals surface area contributed by atoms with Gasteiger partial charge in [-0.1, -0.05) is 0 Å². The predicted molar refractivity (Wildman–Crippen MR) is 60.8 cm³/mol. The predicted octanol–water partition coefficient (Wildman–Crippen LogP) is 1.13. The molecule has 0 aromatic carbocycles. The molecule has 2 atom stereocenters. The van der Waals surface area contributed by atoms with Crippen LogP contribution in [0.15, 0.2) is 18.5 Å². The Morgan fingerprint density at radius 2 is 2.33 bits per heavy atom. The van der Waals surface area contributed by atoms with E-state index in [2.05, 4.69) is 40.3 Å². The molecule has 2 aliphatic rings. The Morgan fingerprint density at radius 1 is 1.40 bits per heavy atom. The van der Waals surface area contributed by atoms with E-state index < -0.39 is 0 Å². The van der Waals surface area contributed by atoms with Gasteiger partial charge in [0.1, 0.15) is 0 Å². The first-order chi connectivity index (χ1) is 7.34. The van der Waals surface area contributed by atoms with Crippen molar-refractivity contribution in [3.8, 4) is 0 Å². The van der Waals surface area contributed by atoms with E-state index in [9.17, 15) is 0 Å². The second-order valence-corrected chi connectivity index (χ2v) is 4.82. The van der Waals surface area contributed by atoms with Crippen LogP contribution >= 0.6 is 0 Å². The van der Waals surface area contributed by atoms with E-state index >= 15 is 0 Å². The minimum atomic E-state index is 0.604. The maximum atomic E-state index is 3.56. The lowest BCUT2D eigenvalue weighted by molar-refractivity contribution is 0.138. The molecule has 1 N–H and O–H groups in total. The molecular weight excluding hydrogens is 186 g/mol. The zero-order valence-electron chi connectivity index (χ0n) is 9.32. The van der Waals surface area contributed by atoms with E-state index in [0.717, 1.165) is 12.6 Å². The quantitative estimate of drug-likeness (QED) is 0.742. The number of fused-ring (bicyclic) bond motifs is 1. The molecule has 3 heterocycles. The highest BCUT2D eigenvalue weighted by Gasteiger charge is 2.34. The molecule has 0 amide bonds. The van der Waals surface area contributed by atoms with Crippen molar-refractivity contribution in [1.29, 1.82) is 0 Å². The largest absolute Gasteiger partial charge is 0.357 e. The summed E-state index contributed by atoms with van der Waals surface area (Å²) in [4.78, 5) is 2.69. The molecule has 0 spiro atoms. The van der Waals surface area contributed by atoms with Crippen LogP contribution in [0, 0.1) is 0 Å². The number of rotatable bonds is 1. The van der Waals surface area contributed by atoms with Gasteiger partial charge in [-0.15, -0.1) is 0 Å². The summed E-state index contributed by atoms with van der Waals surface area (Å²) < 4.78 is 2.15.